The normalized spacial score (nSPS) is 15.5. The smallest absolute Gasteiger partial charge is 0.410 e. The van der Waals surface area contributed by atoms with Crippen molar-refractivity contribution in [3.05, 3.63) is 12.2 Å². The monoisotopic (exact) mass is 501 g/mol. The highest BCUT2D eigenvalue weighted by Gasteiger charge is 2.35. The molecule has 2 N–H and O–H groups in total. The number of allylic oxidation sites excluding steroid dienone is 2. The van der Waals surface area contributed by atoms with Crippen LogP contribution in [0.25, 0.3) is 0 Å². The van der Waals surface area contributed by atoms with Crippen LogP contribution in [-0.4, -0.2) is 103 Å². The molecule has 0 aliphatic carbocycles. The fourth-order valence-electron chi connectivity index (χ4n) is 3.36. The van der Waals surface area contributed by atoms with Crippen LogP contribution in [0.5, 0.6) is 0 Å². The Balaban J connectivity index is 5.27. The molecule has 0 bridgehead atoms. The number of carbonyl (C=O) groups is 5. The second-order valence-corrected chi connectivity index (χ2v) is 8.41. The van der Waals surface area contributed by atoms with Gasteiger partial charge in [0, 0.05) is 20.9 Å². The van der Waals surface area contributed by atoms with Gasteiger partial charge < -0.3 is 29.5 Å². The Kier molecular flexibility index (Phi) is 14.5. The number of rotatable bonds is 14. The van der Waals surface area contributed by atoms with Crippen LogP contribution in [0.2, 0.25) is 0 Å². The van der Waals surface area contributed by atoms with Crippen LogP contribution in [0, 0.1) is 5.92 Å². The highest BCUT2D eigenvalue weighted by atomic mass is 16.7. The summed E-state index contributed by atoms with van der Waals surface area (Å²) < 4.78 is 15.1. The predicted molar refractivity (Wildman–Crippen MR) is 126 cm³/mol. The standard InChI is InChI=1S/C23H39N3O9/c1-9-10-11-14(2)21(20(15(3)28)25(6)7)35-19(30)12-26(8)22(31)18(13-27)24-23(32)34-17(5)33-16(4)29/h9-10,14,17-18,20-21,27H,11-13H2,1-8H3,(H,24,32)/b10-9+/t14-,17?,18?,20-,21-/m1/s1. The number of nitrogens with one attached hydrogen (secondary N) is 1. The number of hydrogen-bond donors (Lipinski definition) is 2. The van der Waals surface area contributed by atoms with E-state index in [1.165, 1.54) is 20.9 Å². The lowest BCUT2D eigenvalue weighted by Gasteiger charge is -2.34. The van der Waals surface area contributed by atoms with Crippen molar-refractivity contribution in [2.75, 3.05) is 34.3 Å². The number of ether oxygens (including phenoxy) is 3. The maximum absolute atomic E-state index is 12.7. The first-order valence-electron chi connectivity index (χ1n) is 11.2. The minimum Gasteiger partial charge on any atom is -0.459 e. The minimum atomic E-state index is -1.42. The molecule has 2 unspecified atom stereocenters. The molecule has 35 heavy (non-hydrogen) atoms. The van der Waals surface area contributed by atoms with E-state index >= 15 is 0 Å². The van der Waals surface area contributed by atoms with Crippen LogP contribution in [-0.2, 0) is 33.4 Å². The first kappa shape index (κ1) is 32.0. The third kappa shape index (κ3) is 11.8. The molecule has 0 aromatic heterocycles. The van der Waals surface area contributed by atoms with E-state index in [4.69, 9.17) is 9.47 Å². The third-order valence-corrected chi connectivity index (χ3v) is 4.98. The highest BCUT2D eigenvalue weighted by Crippen LogP contribution is 2.20. The largest absolute Gasteiger partial charge is 0.459 e. The fraction of sp³-hybridized carbons (Fsp3) is 0.696. The number of carbonyl (C=O) groups excluding carboxylic acids is 5. The number of alkyl carbamates (subject to hydrolysis) is 1. The van der Waals surface area contributed by atoms with Crippen LogP contribution >= 0.6 is 0 Å². The predicted octanol–water partition coefficient (Wildman–Crippen LogP) is 0.474. The van der Waals surface area contributed by atoms with E-state index in [9.17, 15) is 29.1 Å². The zero-order valence-electron chi connectivity index (χ0n) is 21.8. The molecular weight excluding hydrogens is 462 g/mol. The van der Waals surface area contributed by atoms with Gasteiger partial charge in [-0.05, 0) is 40.3 Å². The molecule has 0 aliphatic rings. The van der Waals surface area contributed by atoms with Gasteiger partial charge in [0.25, 0.3) is 0 Å². The number of aliphatic hydroxyl groups is 1. The number of esters is 2. The van der Waals surface area contributed by atoms with Crippen molar-refractivity contribution >= 4 is 29.7 Å². The van der Waals surface area contributed by atoms with Crippen molar-refractivity contribution in [1.82, 2.24) is 15.1 Å². The SMILES string of the molecule is C/C=C/C[C@@H](C)[C@@H](OC(=O)CN(C)C(=O)C(CO)NC(=O)OC(C)OC(C)=O)[C@@H](C(C)=O)N(C)C. The number of amides is 2. The Morgan fingerprint density at radius 2 is 1.60 bits per heavy atom. The molecule has 0 saturated heterocycles. The van der Waals surface area contributed by atoms with Crippen LogP contribution in [0.4, 0.5) is 4.79 Å². The lowest BCUT2D eigenvalue weighted by Crippen LogP contribution is -2.52. The number of nitrogens with zero attached hydrogens (tertiary/aromatic N) is 2. The maximum atomic E-state index is 12.7. The molecule has 0 aromatic rings. The van der Waals surface area contributed by atoms with Crippen molar-refractivity contribution in [1.29, 1.82) is 0 Å². The Labute approximate surface area is 206 Å². The zero-order valence-corrected chi connectivity index (χ0v) is 21.8. The van der Waals surface area contributed by atoms with Gasteiger partial charge in [0.1, 0.15) is 24.7 Å². The van der Waals surface area contributed by atoms with Crippen molar-refractivity contribution in [3.8, 4) is 0 Å². The summed E-state index contributed by atoms with van der Waals surface area (Å²) >= 11 is 0. The lowest BCUT2D eigenvalue weighted by atomic mass is 9.91. The number of Topliss-reactive ketones (excluding diaryl/α,β-unsaturated/α-hetero) is 1. The van der Waals surface area contributed by atoms with Gasteiger partial charge in [-0.1, -0.05) is 19.1 Å². The maximum Gasteiger partial charge on any atom is 0.410 e. The molecule has 0 spiro atoms. The Bertz CT molecular complexity index is 769. The van der Waals surface area contributed by atoms with Gasteiger partial charge in [-0.15, -0.1) is 0 Å². The van der Waals surface area contributed by atoms with E-state index in [1.807, 2.05) is 26.0 Å². The molecule has 12 nitrogen and oxygen atoms in total. The first-order valence-corrected chi connectivity index (χ1v) is 11.2. The van der Waals surface area contributed by atoms with E-state index in [1.54, 1.807) is 19.0 Å². The summed E-state index contributed by atoms with van der Waals surface area (Å²) in [5.41, 5.74) is 0. The van der Waals surface area contributed by atoms with Gasteiger partial charge in [0.2, 0.25) is 12.2 Å². The number of likely N-dealkylation sites (N-methyl/N-ethyl adjacent to an activating group) is 2. The second kappa shape index (κ2) is 15.8. The Hall–Kier alpha value is -2.99. The summed E-state index contributed by atoms with van der Waals surface area (Å²) in [6.45, 7) is 6.32. The summed E-state index contributed by atoms with van der Waals surface area (Å²) in [7, 11) is 4.72. The summed E-state index contributed by atoms with van der Waals surface area (Å²) in [5, 5.41) is 11.7. The van der Waals surface area contributed by atoms with Crippen LogP contribution in [0.3, 0.4) is 0 Å². The van der Waals surface area contributed by atoms with Gasteiger partial charge in [0.05, 0.1) is 6.61 Å². The highest BCUT2D eigenvalue weighted by molar-refractivity contribution is 5.88. The molecule has 0 rings (SSSR count). The summed E-state index contributed by atoms with van der Waals surface area (Å²) in [4.78, 5) is 63.1. The van der Waals surface area contributed by atoms with Gasteiger partial charge in [-0.25, -0.2) is 4.79 Å². The van der Waals surface area contributed by atoms with Gasteiger partial charge in [0.15, 0.2) is 5.78 Å². The molecule has 0 saturated carbocycles. The van der Waals surface area contributed by atoms with Crippen LogP contribution in [0.15, 0.2) is 12.2 Å². The lowest BCUT2D eigenvalue weighted by molar-refractivity contribution is -0.162. The van der Waals surface area contributed by atoms with E-state index in [-0.39, 0.29) is 11.7 Å². The molecule has 5 atom stereocenters. The molecule has 0 radical (unpaired) electrons. The second-order valence-electron chi connectivity index (χ2n) is 8.41. The molecule has 12 heteroatoms. The van der Waals surface area contributed by atoms with Crippen LogP contribution < -0.4 is 5.32 Å². The number of hydrogen-bond acceptors (Lipinski definition) is 10. The summed E-state index contributed by atoms with van der Waals surface area (Å²) in [6.07, 6.45) is 1.27. The fourth-order valence-corrected chi connectivity index (χ4v) is 3.36. The minimum absolute atomic E-state index is 0.171. The number of ketones is 1. The van der Waals surface area contributed by atoms with Crippen molar-refractivity contribution in [2.24, 2.45) is 5.92 Å². The Morgan fingerprint density at radius 1 is 1.00 bits per heavy atom. The summed E-state index contributed by atoms with van der Waals surface area (Å²) in [5.74, 6) is -2.56. The van der Waals surface area contributed by atoms with Gasteiger partial charge in [-0.3, -0.25) is 24.1 Å². The van der Waals surface area contributed by atoms with E-state index in [0.717, 1.165) is 11.8 Å². The average molecular weight is 502 g/mol. The Morgan fingerprint density at radius 3 is 2.06 bits per heavy atom. The van der Waals surface area contributed by atoms with E-state index in [2.05, 4.69) is 10.1 Å². The molecular formula is C23H39N3O9. The molecule has 2 amide bonds. The van der Waals surface area contributed by atoms with Crippen molar-refractivity contribution in [2.45, 2.75) is 65.5 Å². The average Bonchev–Trinajstić information content (AvgIpc) is 2.73. The molecule has 0 aromatic carbocycles. The topological polar surface area (TPSA) is 152 Å². The molecule has 200 valence electrons. The number of aliphatic hydroxyl groups excluding tert-OH is 1. The van der Waals surface area contributed by atoms with Gasteiger partial charge >= 0.3 is 18.0 Å². The molecule has 0 fully saturated rings. The first-order chi connectivity index (χ1) is 16.2. The summed E-state index contributed by atoms with van der Waals surface area (Å²) in [6, 6.07) is -2.10. The molecule has 0 heterocycles. The van der Waals surface area contributed by atoms with E-state index < -0.39 is 61.6 Å². The zero-order chi connectivity index (χ0) is 27.3. The quantitative estimate of drug-likeness (QED) is 0.195. The molecule has 0 aliphatic heterocycles. The van der Waals surface area contributed by atoms with Crippen molar-refractivity contribution < 1.29 is 43.3 Å². The van der Waals surface area contributed by atoms with Crippen LogP contribution in [0.1, 0.15) is 41.0 Å². The van der Waals surface area contributed by atoms with E-state index in [0.29, 0.717) is 6.42 Å². The van der Waals surface area contributed by atoms with Crippen molar-refractivity contribution in [3.63, 3.8) is 0 Å². The van der Waals surface area contributed by atoms with Gasteiger partial charge in [-0.2, -0.15) is 0 Å². The third-order valence-electron chi connectivity index (χ3n) is 4.98.